The predicted octanol–water partition coefficient (Wildman–Crippen LogP) is 5.18. The van der Waals surface area contributed by atoms with Gasteiger partial charge in [0.05, 0.1) is 19.9 Å². The zero-order valence-electron chi connectivity index (χ0n) is 15.7. The lowest BCUT2D eigenvalue weighted by atomic mass is 10.0. The Morgan fingerprint density at radius 2 is 1.70 bits per heavy atom. The van der Waals surface area contributed by atoms with E-state index >= 15 is 0 Å². The zero-order valence-corrected chi connectivity index (χ0v) is 16.5. The summed E-state index contributed by atoms with van der Waals surface area (Å²) in [5.74, 6) is -3.64. The van der Waals surface area contributed by atoms with Gasteiger partial charge in [0, 0.05) is 0 Å². The lowest BCUT2D eigenvalue weighted by Gasteiger charge is -2.12. The summed E-state index contributed by atoms with van der Waals surface area (Å²) in [5.41, 5.74) is 0.184. The monoisotopic (exact) mass is 428 g/mol. The first-order valence-electron chi connectivity index (χ1n) is 8.91. The highest BCUT2D eigenvalue weighted by molar-refractivity contribution is 6.31. The van der Waals surface area contributed by atoms with Crippen LogP contribution in [0.4, 0.5) is 8.78 Å². The van der Waals surface area contributed by atoms with Crippen molar-refractivity contribution in [3.63, 3.8) is 0 Å². The smallest absolute Gasteiger partial charge is 0.311 e. The van der Waals surface area contributed by atoms with E-state index in [-0.39, 0.29) is 23.1 Å². The number of rotatable bonds is 5. The molecule has 0 saturated carbocycles. The molecule has 1 aromatic heterocycles. The number of ether oxygens (including phenoxy) is 2. The van der Waals surface area contributed by atoms with Gasteiger partial charge in [-0.2, -0.15) is 13.9 Å². The molecule has 0 fully saturated rings. The molecule has 0 unspecified atom stereocenters. The summed E-state index contributed by atoms with van der Waals surface area (Å²) in [7, 11) is 1.21. The molecule has 152 valence electrons. The maximum absolute atomic E-state index is 14.3. The standard InChI is InChI=1S/C22H15ClF2N2O3/c1-29-17-9-10-18(20(25)19(17)24)30-21-16(23)11-26-27(22(21)28)12-14-7-4-6-13-5-2-3-8-15(13)14/h2-11H,12H2,1H3. The second-order valence-corrected chi connectivity index (χ2v) is 6.83. The van der Waals surface area contributed by atoms with Crippen LogP contribution in [0.1, 0.15) is 5.56 Å². The van der Waals surface area contributed by atoms with Crippen LogP contribution in [-0.4, -0.2) is 16.9 Å². The molecule has 4 rings (SSSR count). The minimum Gasteiger partial charge on any atom is -0.494 e. The van der Waals surface area contributed by atoms with E-state index in [1.807, 2.05) is 42.5 Å². The average molecular weight is 429 g/mol. The Hall–Kier alpha value is -3.45. The highest BCUT2D eigenvalue weighted by Crippen LogP contribution is 2.32. The van der Waals surface area contributed by atoms with Crippen LogP contribution in [-0.2, 0) is 6.54 Å². The van der Waals surface area contributed by atoms with E-state index in [4.69, 9.17) is 21.1 Å². The molecule has 1 heterocycles. The third-order valence-electron chi connectivity index (χ3n) is 4.60. The minimum atomic E-state index is -1.29. The van der Waals surface area contributed by atoms with Gasteiger partial charge in [0.1, 0.15) is 5.02 Å². The molecule has 0 aliphatic rings. The van der Waals surface area contributed by atoms with E-state index in [2.05, 4.69) is 5.10 Å². The van der Waals surface area contributed by atoms with Crippen LogP contribution < -0.4 is 15.0 Å². The van der Waals surface area contributed by atoms with Gasteiger partial charge in [-0.15, -0.1) is 0 Å². The molecule has 30 heavy (non-hydrogen) atoms. The molecular formula is C22H15ClF2N2O3. The number of hydrogen-bond donors (Lipinski definition) is 0. The third-order valence-corrected chi connectivity index (χ3v) is 4.87. The minimum absolute atomic E-state index is 0.121. The lowest BCUT2D eigenvalue weighted by molar-refractivity contribution is 0.356. The van der Waals surface area contributed by atoms with Gasteiger partial charge in [-0.25, -0.2) is 4.68 Å². The van der Waals surface area contributed by atoms with E-state index in [9.17, 15) is 13.6 Å². The van der Waals surface area contributed by atoms with Crippen molar-refractivity contribution < 1.29 is 18.3 Å². The van der Waals surface area contributed by atoms with Crippen molar-refractivity contribution in [3.8, 4) is 17.2 Å². The molecule has 0 amide bonds. The Bertz CT molecular complexity index is 1300. The summed E-state index contributed by atoms with van der Waals surface area (Å²) in [4.78, 5) is 12.9. The molecule has 8 heteroatoms. The molecule has 3 aromatic carbocycles. The average Bonchev–Trinajstić information content (AvgIpc) is 2.76. The van der Waals surface area contributed by atoms with Crippen LogP contribution in [0.15, 0.2) is 65.6 Å². The maximum Gasteiger partial charge on any atom is 0.311 e. The fraction of sp³-hybridized carbons (Fsp3) is 0.0909. The quantitative estimate of drug-likeness (QED) is 0.439. The van der Waals surface area contributed by atoms with Crippen molar-refractivity contribution in [2.75, 3.05) is 7.11 Å². The molecule has 0 N–H and O–H groups in total. The van der Waals surface area contributed by atoms with Crippen molar-refractivity contribution in [2.24, 2.45) is 0 Å². The number of fused-ring (bicyclic) bond motifs is 1. The van der Waals surface area contributed by atoms with Gasteiger partial charge in [0.25, 0.3) is 0 Å². The fourth-order valence-corrected chi connectivity index (χ4v) is 3.27. The third kappa shape index (κ3) is 3.59. The van der Waals surface area contributed by atoms with Gasteiger partial charge in [0.15, 0.2) is 11.5 Å². The molecule has 5 nitrogen and oxygen atoms in total. The highest BCUT2D eigenvalue weighted by Gasteiger charge is 2.19. The fourth-order valence-electron chi connectivity index (χ4n) is 3.11. The van der Waals surface area contributed by atoms with Crippen LogP contribution >= 0.6 is 11.6 Å². The van der Waals surface area contributed by atoms with Crippen LogP contribution in [0.3, 0.4) is 0 Å². The number of halogens is 3. The largest absolute Gasteiger partial charge is 0.494 e. The molecule has 0 bridgehead atoms. The Balaban J connectivity index is 1.73. The molecule has 0 spiro atoms. The molecular weight excluding hydrogens is 414 g/mol. The molecule has 4 aromatic rings. The van der Waals surface area contributed by atoms with Gasteiger partial charge in [-0.3, -0.25) is 4.79 Å². The summed E-state index contributed by atoms with van der Waals surface area (Å²) < 4.78 is 39.5. The Labute approximate surface area is 175 Å². The van der Waals surface area contributed by atoms with Crippen LogP contribution in [0.2, 0.25) is 5.02 Å². The molecule has 0 radical (unpaired) electrons. The van der Waals surface area contributed by atoms with Crippen molar-refractivity contribution in [3.05, 3.63) is 93.4 Å². The lowest BCUT2D eigenvalue weighted by Crippen LogP contribution is -2.24. The van der Waals surface area contributed by atoms with Crippen LogP contribution in [0.5, 0.6) is 17.2 Å². The maximum atomic E-state index is 14.3. The SMILES string of the molecule is COc1ccc(Oc2c(Cl)cnn(Cc3cccc4ccccc34)c2=O)c(F)c1F. The molecule has 0 atom stereocenters. The second kappa shape index (κ2) is 8.12. The topological polar surface area (TPSA) is 53.4 Å². The number of nitrogens with zero attached hydrogens (tertiary/aromatic N) is 2. The van der Waals surface area contributed by atoms with Gasteiger partial charge in [-0.1, -0.05) is 54.1 Å². The zero-order chi connectivity index (χ0) is 21.3. The van der Waals surface area contributed by atoms with Gasteiger partial charge < -0.3 is 9.47 Å². The first-order valence-corrected chi connectivity index (χ1v) is 9.29. The number of benzene rings is 3. The Morgan fingerprint density at radius 3 is 2.50 bits per heavy atom. The van der Waals surface area contributed by atoms with E-state index in [0.717, 1.165) is 27.1 Å². The Kier molecular flexibility index (Phi) is 5.37. The van der Waals surface area contributed by atoms with Gasteiger partial charge in [-0.05, 0) is 28.5 Å². The summed E-state index contributed by atoms with van der Waals surface area (Å²) in [5, 5.41) is 5.92. The summed E-state index contributed by atoms with van der Waals surface area (Å²) in [6.45, 7) is 0.146. The van der Waals surface area contributed by atoms with Gasteiger partial charge >= 0.3 is 5.56 Å². The second-order valence-electron chi connectivity index (χ2n) is 6.42. The molecule has 0 aliphatic heterocycles. The number of aromatic nitrogens is 2. The number of hydrogen-bond acceptors (Lipinski definition) is 4. The number of methoxy groups -OCH3 is 1. The van der Waals surface area contributed by atoms with Crippen molar-refractivity contribution in [1.82, 2.24) is 9.78 Å². The first-order chi connectivity index (χ1) is 14.5. The van der Waals surface area contributed by atoms with Crippen molar-refractivity contribution in [1.29, 1.82) is 0 Å². The molecule has 0 saturated heterocycles. The highest BCUT2D eigenvalue weighted by atomic mass is 35.5. The van der Waals surface area contributed by atoms with Crippen molar-refractivity contribution >= 4 is 22.4 Å². The van der Waals surface area contributed by atoms with Crippen LogP contribution in [0, 0.1) is 11.6 Å². The summed E-state index contributed by atoms with van der Waals surface area (Å²) in [6.07, 6.45) is 1.22. The van der Waals surface area contributed by atoms with Gasteiger partial charge in [0.2, 0.25) is 17.4 Å². The van der Waals surface area contributed by atoms with Crippen molar-refractivity contribution in [2.45, 2.75) is 6.54 Å². The van der Waals surface area contributed by atoms with Crippen LogP contribution in [0.25, 0.3) is 10.8 Å². The Morgan fingerprint density at radius 1 is 1.00 bits per heavy atom. The van der Waals surface area contributed by atoms with E-state index in [0.29, 0.717) is 0 Å². The van der Waals surface area contributed by atoms with E-state index in [1.54, 1.807) is 0 Å². The first kappa shape index (κ1) is 19.8. The summed E-state index contributed by atoms with van der Waals surface area (Å²) in [6, 6.07) is 15.8. The predicted molar refractivity (Wildman–Crippen MR) is 110 cm³/mol. The summed E-state index contributed by atoms with van der Waals surface area (Å²) >= 11 is 6.06. The van der Waals surface area contributed by atoms with E-state index < -0.39 is 22.9 Å². The molecule has 0 aliphatic carbocycles. The van der Waals surface area contributed by atoms with E-state index in [1.165, 1.54) is 19.4 Å². The normalized spacial score (nSPS) is 10.9.